The molecule has 2 atom stereocenters. The number of fused-ring (bicyclic) bond motifs is 6. The highest BCUT2D eigenvalue weighted by Crippen LogP contribution is 2.40. The van der Waals surface area contributed by atoms with Gasteiger partial charge in [0.2, 0.25) is 11.5 Å². The highest BCUT2D eigenvalue weighted by Gasteiger charge is 2.28. The molecule has 2 aliphatic heterocycles. The SMILES string of the molecule is CC(=O)OCC1COc2c(ccc3c(=O)cc(-c4ccccc4)oc23)O1.CC(=O)OCC1COc2ccc3c(=O)cc(-c4ccccc4)oc3c2O1. The number of benzene rings is 4. The van der Waals surface area contributed by atoms with Crippen LogP contribution in [0.5, 0.6) is 23.0 Å². The normalized spacial score (nSPS) is 15.7. The molecule has 2 aliphatic rings. The Morgan fingerprint density at radius 3 is 1.62 bits per heavy atom. The van der Waals surface area contributed by atoms with Crippen molar-refractivity contribution in [1.29, 1.82) is 0 Å². The Kier molecular flexibility index (Phi) is 9.61. The van der Waals surface area contributed by atoms with Crippen LogP contribution in [-0.2, 0) is 19.1 Å². The summed E-state index contributed by atoms with van der Waals surface area (Å²) in [4.78, 5) is 47.0. The summed E-state index contributed by atoms with van der Waals surface area (Å²) in [6, 6.07) is 28.3. The summed E-state index contributed by atoms with van der Waals surface area (Å²) in [5.41, 5.74) is 1.93. The maximum atomic E-state index is 12.5. The zero-order valence-electron chi connectivity index (χ0n) is 28.1. The third-order valence-electron chi connectivity index (χ3n) is 8.11. The minimum Gasteiger partial charge on any atom is -0.486 e. The summed E-state index contributed by atoms with van der Waals surface area (Å²) >= 11 is 0. The topological polar surface area (TPSA) is 150 Å². The zero-order chi connectivity index (χ0) is 36.2. The Morgan fingerprint density at radius 1 is 0.596 bits per heavy atom. The molecule has 2 aromatic heterocycles. The average Bonchev–Trinajstić information content (AvgIpc) is 3.16. The van der Waals surface area contributed by atoms with Gasteiger partial charge in [0.25, 0.3) is 0 Å². The van der Waals surface area contributed by atoms with Crippen LogP contribution in [-0.4, -0.2) is 50.6 Å². The predicted octanol–water partition coefficient (Wildman–Crippen LogP) is 6.33. The summed E-state index contributed by atoms with van der Waals surface area (Å²) in [7, 11) is 0. The standard InChI is InChI=1S/2C20H16O6/c1-12(21)23-10-14-11-24-20-17(25-14)8-7-15-16(22)9-18(26-19(15)20)13-5-3-2-4-6-13;1-12(21)23-10-14-11-24-17-8-7-15-16(22)9-18(13-5-3-2-4-6-13)26-19(15)20(17)25-14/h2*2-9,14H,10-11H2,1H3. The summed E-state index contributed by atoms with van der Waals surface area (Å²) in [6.45, 7) is 3.27. The van der Waals surface area contributed by atoms with E-state index < -0.39 is 18.2 Å². The fourth-order valence-corrected chi connectivity index (χ4v) is 5.65. The molecule has 0 aliphatic carbocycles. The summed E-state index contributed by atoms with van der Waals surface area (Å²) in [5, 5.41) is 0.825. The van der Waals surface area contributed by atoms with Crippen LogP contribution in [0.4, 0.5) is 0 Å². The average molecular weight is 705 g/mol. The van der Waals surface area contributed by atoms with E-state index in [1.807, 2.05) is 60.7 Å². The van der Waals surface area contributed by atoms with Gasteiger partial charge < -0.3 is 37.3 Å². The lowest BCUT2D eigenvalue weighted by atomic mass is 10.1. The Labute approximate surface area is 296 Å². The molecule has 4 heterocycles. The maximum absolute atomic E-state index is 12.5. The minimum atomic E-state index is -0.470. The molecule has 6 aromatic rings. The molecule has 8 rings (SSSR count). The second-order valence-electron chi connectivity index (χ2n) is 11.9. The van der Waals surface area contributed by atoms with E-state index in [0.29, 0.717) is 56.5 Å². The van der Waals surface area contributed by atoms with Crippen molar-refractivity contribution in [3.63, 3.8) is 0 Å². The van der Waals surface area contributed by atoms with Crippen molar-refractivity contribution in [3.8, 4) is 45.6 Å². The zero-order valence-corrected chi connectivity index (χ0v) is 28.1. The molecule has 0 N–H and O–H groups in total. The van der Waals surface area contributed by atoms with Crippen LogP contribution in [0.3, 0.4) is 0 Å². The van der Waals surface area contributed by atoms with E-state index in [9.17, 15) is 19.2 Å². The summed E-state index contributed by atoms with van der Waals surface area (Å²) < 4.78 is 45.1. The predicted molar refractivity (Wildman–Crippen MR) is 189 cm³/mol. The minimum absolute atomic E-state index is 0.0633. The van der Waals surface area contributed by atoms with E-state index in [-0.39, 0.29) is 43.3 Å². The fourth-order valence-electron chi connectivity index (χ4n) is 5.65. The van der Waals surface area contributed by atoms with Crippen LogP contribution in [0, 0.1) is 0 Å². The molecule has 52 heavy (non-hydrogen) atoms. The quantitative estimate of drug-likeness (QED) is 0.178. The number of ether oxygens (including phenoxy) is 6. The van der Waals surface area contributed by atoms with Gasteiger partial charge in [-0.2, -0.15) is 0 Å². The molecule has 0 bridgehead atoms. The van der Waals surface area contributed by atoms with E-state index in [4.69, 9.17) is 37.3 Å². The molecule has 0 spiro atoms. The molecule has 0 fully saturated rings. The van der Waals surface area contributed by atoms with Crippen LogP contribution < -0.4 is 29.8 Å². The molecule has 0 amide bonds. The van der Waals surface area contributed by atoms with E-state index >= 15 is 0 Å². The lowest BCUT2D eigenvalue weighted by Crippen LogP contribution is -2.34. The molecule has 0 saturated carbocycles. The van der Waals surface area contributed by atoms with E-state index in [0.717, 1.165) is 11.1 Å². The first-order valence-electron chi connectivity index (χ1n) is 16.4. The second kappa shape index (κ2) is 14.7. The largest absolute Gasteiger partial charge is 0.486 e. The van der Waals surface area contributed by atoms with E-state index in [2.05, 4.69) is 0 Å². The third-order valence-corrected chi connectivity index (χ3v) is 8.11. The number of hydrogen-bond donors (Lipinski definition) is 0. The van der Waals surface area contributed by atoms with Crippen LogP contribution in [0.15, 0.2) is 115 Å². The van der Waals surface area contributed by atoms with Gasteiger partial charge in [0.15, 0.2) is 45.7 Å². The van der Waals surface area contributed by atoms with Crippen molar-refractivity contribution in [1.82, 2.24) is 0 Å². The van der Waals surface area contributed by atoms with Crippen LogP contribution >= 0.6 is 0 Å². The molecular formula is C40H32O12. The number of rotatable bonds is 6. The van der Waals surface area contributed by atoms with Crippen molar-refractivity contribution in [3.05, 3.63) is 118 Å². The van der Waals surface area contributed by atoms with Crippen molar-refractivity contribution >= 4 is 33.9 Å². The molecule has 4 aromatic carbocycles. The Bertz CT molecular complexity index is 2380. The van der Waals surface area contributed by atoms with Crippen molar-refractivity contribution < 1.29 is 46.8 Å². The van der Waals surface area contributed by atoms with Gasteiger partial charge in [-0.3, -0.25) is 19.2 Å². The van der Waals surface area contributed by atoms with Crippen LogP contribution in [0.2, 0.25) is 0 Å². The van der Waals surface area contributed by atoms with Gasteiger partial charge in [-0.15, -0.1) is 0 Å². The maximum Gasteiger partial charge on any atom is 0.302 e. The molecule has 12 nitrogen and oxygen atoms in total. The highest BCUT2D eigenvalue weighted by atomic mass is 16.6. The van der Waals surface area contributed by atoms with Gasteiger partial charge in [-0.05, 0) is 24.3 Å². The van der Waals surface area contributed by atoms with Gasteiger partial charge >= 0.3 is 11.9 Å². The molecule has 12 heteroatoms. The molecular weight excluding hydrogens is 672 g/mol. The van der Waals surface area contributed by atoms with Crippen LogP contribution in [0.1, 0.15) is 13.8 Å². The van der Waals surface area contributed by atoms with Gasteiger partial charge in [-0.1, -0.05) is 60.7 Å². The summed E-state index contributed by atoms with van der Waals surface area (Å²) in [6.07, 6.45) is -0.879. The smallest absolute Gasteiger partial charge is 0.302 e. The molecule has 0 saturated heterocycles. The Morgan fingerprint density at radius 2 is 1.08 bits per heavy atom. The molecule has 264 valence electrons. The lowest BCUT2D eigenvalue weighted by Gasteiger charge is -2.26. The number of carbonyl (C=O) groups excluding carboxylic acids is 2. The van der Waals surface area contributed by atoms with Gasteiger partial charge in [0.1, 0.15) is 37.9 Å². The monoisotopic (exact) mass is 704 g/mol. The molecule has 0 radical (unpaired) electrons. The first kappa shape index (κ1) is 33.9. The lowest BCUT2D eigenvalue weighted by molar-refractivity contribution is -0.145. The van der Waals surface area contributed by atoms with Gasteiger partial charge in [0.05, 0.1) is 10.8 Å². The van der Waals surface area contributed by atoms with Crippen molar-refractivity contribution in [2.24, 2.45) is 0 Å². The highest BCUT2D eigenvalue weighted by molar-refractivity contribution is 5.88. The van der Waals surface area contributed by atoms with Gasteiger partial charge in [-0.25, -0.2) is 0 Å². The number of hydrogen-bond acceptors (Lipinski definition) is 12. The number of esters is 2. The Hall–Kier alpha value is -6.56. The fraction of sp³-hybridized carbons (Fsp3) is 0.200. The third kappa shape index (κ3) is 7.31. The van der Waals surface area contributed by atoms with Crippen LogP contribution in [0.25, 0.3) is 44.6 Å². The second-order valence-corrected chi connectivity index (χ2v) is 11.9. The number of carbonyl (C=O) groups is 2. The van der Waals surface area contributed by atoms with Crippen molar-refractivity contribution in [2.75, 3.05) is 26.4 Å². The summed E-state index contributed by atoms with van der Waals surface area (Å²) in [5.74, 6) is 1.81. The first-order valence-corrected chi connectivity index (χ1v) is 16.4. The molecule has 2 unspecified atom stereocenters. The Balaban J connectivity index is 0.000000162. The van der Waals surface area contributed by atoms with E-state index in [1.165, 1.54) is 26.0 Å². The van der Waals surface area contributed by atoms with Gasteiger partial charge in [0, 0.05) is 37.1 Å². The first-order chi connectivity index (χ1) is 25.2. The van der Waals surface area contributed by atoms with E-state index in [1.54, 1.807) is 24.3 Å². The van der Waals surface area contributed by atoms with Crippen molar-refractivity contribution in [2.45, 2.75) is 26.1 Å².